The van der Waals surface area contributed by atoms with Gasteiger partial charge in [-0.25, -0.2) is 0 Å². The van der Waals surface area contributed by atoms with E-state index in [1.807, 2.05) is 11.0 Å². The third-order valence-corrected chi connectivity index (χ3v) is 5.61. The van der Waals surface area contributed by atoms with Crippen molar-refractivity contribution in [2.75, 3.05) is 39.5 Å². The fourth-order valence-corrected chi connectivity index (χ4v) is 3.82. The molecular weight excluding hydrogens is 352 g/mol. The van der Waals surface area contributed by atoms with Crippen molar-refractivity contribution < 1.29 is 14.3 Å². The monoisotopic (exact) mass is 382 g/mol. The molecule has 0 aromatic heterocycles. The van der Waals surface area contributed by atoms with Crippen LogP contribution in [0.15, 0.2) is 30.3 Å². The van der Waals surface area contributed by atoms with E-state index in [1.54, 1.807) is 0 Å². The zero-order chi connectivity index (χ0) is 17.5. The summed E-state index contributed by atoms with van der Waals surface area (Å²) >= 11 is 0. The van der Waals surface area contributed by atoms with Crippen LogP contribution in [0.25, 0.3) is 0 Å². The van der Waals surface area contributed by atoms with Crippen LogP contribution in [0.5, 0.6) is 0 Å². The Morgan fingerprint density at radius 2 is 1.85 bits per heavy atom. The van der Waals surface area contributed by atoms with E-state index in [0.717, 1.165) is 51.8 Å². The lowest BCUT2D eigenvalue weighted by molar-refractivity contribution is -0.149. The van der Waals surface area contributed by atoms with Crippen LogP contribution in [-0.4, -0.2) is 56.4 Å². The Morgan fingerprint density at radius 1 is 1.19 bits per heavy atom. The Bertz CT molecular complexity index is 541. The first-order valence-corrected chi connectivity index (χ1v) is 9.46. The molecule has 6 heteroatoms. The van der Waals surface area contributed by atoms with Crippen molar-refractivity contribution in [1.82, 2.24) is 4.90 Å². The van der Waals surface area contributed by atoms with Crippen LogP contribution in [0.3, 0.4) is 0 Å². The highest BCUT2D eigenvalue weighted by Crippen LogP contribution is 2.32. The zero-order valence-electron chi connectivity index (χ0n) is 15.4. The Hall–Kier alpha value is -1.14. The summed E-state index contributed by atoms with van der Waals surface area (Å²) in [6.45, 7) is 3.99. The number of nitrogens with zero attached hydrogens (tertiary/aromatic N) is 1. The molecule has 146 valence electrons. The van der Waals surface area contributed by atoms with Crippen molar-refractivity contribution in [2.45, 2.75) is 38.2 Å². The van der Waals surface area contributed by atoms with Crippen LogP contribution >= 0.6 is 12.4 Å². The maximum atomic E-state index is 13.0. The van der Waals surface area contributed by atoms with Gasteiger partial charge in [0, 0.05) is 32.8 Å². The number of piperidine rings is 1. The van der Waals surface area contributed by atoms with E-state index in [9.17, 15) is 4.79 Å². The average Bonchev–Trinajstić information content (AvgIpc) is 2.69. The summed E-state index contributed by atoms with van der Waals surface area (Å²) in [5.41, 5.74) is 6.87. The highest BCUT2D eigenvalue weighted by Gasteiger charge is 2.42. The van der Waals surface area contributed by atoms with Crippen molar-refractivity contribution in [3.63, 3.8) is 0 Å². The van der Waals surface area contributed by atoms with Crippen LogP contribution in [0.1, 0.15) is 31.2 Å². The zero-order valence-corrected chi connectivity index (χ0v) is 16.2. The Morgan fingerprint density at radius 3 is 2.46 bits per heavy atom. The number of ether oxygens (including phenoxy) is 2. The average molecular weight is 383 g/mol. The molecule has 2 heterocycles. The first kappa shape index (κ1) is 21.2. The maximum Gasteiger partial charge on any atom is 0.230 e. The van der Waals surface area contributed by atoms with Gasteiger partial charge in [0.2, 0.25) is 5.91 Å². The van der Waals surface area contributed by atoms with E-state index in [0.29, 0.717) is 19.8 Å². The number of carbonyl (C=O) groups excluding carboxylic acids is 1. The van der Waals surface area contributed by atoms with Crippen molar-refractivity contribution >= 4 is 18.3 Å². The van der Waals surface area contributed by atoms with Crippen LogP contribution in [0, 0.1) is 5.41 Å². The lowest BCUT2D eigenvalue weighted by Gasteiger charge is -2.41. The standard InChI is InChI=1S/C20H30N2O3.ClH/c21-16-20(9-14-24-15-10-20)19(23)22-11-6-18(7-12-22)25-13-8-17-4-2-1-3-5-17;/h1-5,18H,6-16,21H2;1H. The Labute approximate surface area is 162 Å². The van der Waals surface area contributed by atoms with E-state index >= 15 is 0 Å². The normalized spacial score (nSPS) is 20.4. The van der Waals surface area contributed by atoms with Gasteiger partial charge in [0.15, 0.2) is 0 Å². The number of hydrogen-bond acceptors (Lipinski definition) is 4. The summed E-state index contributed by atoms with van der Waals surface area (Å²) in [7, 11) is 0. The van der Waals surface area contributed by atoms with Gasteiger partial charge in [0.1, 0.15) is 0 Å². The second kappa shape index (κ2) is 10.3. The summed E-state index contributed by atoms with van der Waals surface area (Å²) in [6, 6.07) is 10.4. The van der Waals surface area contributed by atoms with E-state index in [-0.39, 0.29) is 24.4 Å². The molecule has 0 bridgehead atoms. The minimum absolute atomic E-state index is 0. The second-order valence-electron chi connectivity index (χ2n) is 7.19. The second-order valence-corrected chi connectivity index (χ2v) is 7.19. The fraction of sp³-hybridized carbons (Fsp3) is 0.650. The number of halogens is 1. The maximum absolute atomic E-state index is 13.0. The van der Waals surface area contributed by atoms with Gasteiger partial charge >= 0.3 is 0 Å². The van der Waals surface area contributed by atoms with Gasteiger partial charge in [-0.15, -0.1) is 12.4 Å². The van der Waals surface area contributed by atoms with Crippen LogP contribution in [0.2, 0.25) is 0 Å². The molecule has 2 N–H and O–H groups in total. The predicted molar refractivity (Wildman–Crippen MR) is 104 cm³/mol. The molecular formula is C20H31ClN2O3. The summed E-state index contributed by atoms with van der Waals surface area (Å²) in [5.74, 6) is 0.223. The van der Waals surface area contributed by atoms with Gasteiger partial charge in [-0.2, -0.15) is 0 Å². The Balaban J connectivity index is 0.00000243. The van der Waals surface area contributed by atoms with Gasteiger partial charge in [0.05, 0.1) is 18.1 Å². The SMILES string of the molecule is Cl.NCC1(C(=O)N2CCC(OCCc3ccccc3)CC2)CCOCC1. The number of amides is 1. The minimum atomic E-state index is -0.404. The Kier molecular flexibility index (Phi) is 8.35. The molecule has 0 atom stereocenters. The van der Waals surface area contributed by atoms with Gasteiger partial charge in [-0.3, -0.25) is 4.79 Å². The first-order valence-electron chi connectivity index (χ1n) is 9.46. The molecule has 0 unspecified atom stereocenters. The number of carbonyl (C=O) groups is 1. The van der Waals surface area contributed by atoms with Crippen molar-refractivity contribution in [1.29, 1.82) is 0 Å². The summed E-state index contributed by atoms with van der Waals surface area (Å²) < 4.78 is 11.4. The lowest BCUT2D eigenvalue weighted by atomic mass is 9.78. The number of hydrogen-bond donors (Lipinski definition) is 1. The van der Waals surface area contributed by atoms with Crippen LogP contribution < -0.4 is 5.73 Å². The predicted octanol–water partition coefficient (Wildman–Crippen LogP) is 2.41. The van der Waals surface area contributed by atoms with E-state index in [1.165, 1.54) is 5.56 Å². The molecule has 0 saturated carbocycles. The highest BCUT2D eigenvalue weighted by molar-refractivity contribution is 5.85. The molecule has 0 aliphatic carbocycles. The molecule has 1 aromatic carbocycles. The number of nitrogens with two attached hydrogens (primary N) is 1. The van der Waals surface area contributed by atoms with Gasteiger partial charge in [-0.05, 0) is 37.7 Å². The third-order valence-electron chi connectivity index (χ3n) is 5.61. The van der Waals surface area contributed by atoms with E-state index in [2.05, 4.69) is 24.3 Å². The first-order chi connectivity index (χ1) is 12.2. The van der Waals surface area contributed by atoms with Crippen molar-refractivity contribution in [3.8, 4) is 0 Å². The summed E-state index contributed by atoms with van der Waals surface area (Å²) in [4.78, 5) is 15.0. The molecule has 5 nitrogen and oxygen atoms in total. The molecule has 1 amide bonds. The molecule has 2 aliphatic rings. The minimum Gasteiger partial charge on any atom is -0.381 e. The van der Waals surface area contributed by atoms with Crippen molar-refractivity contribution in [3.05, 3.63) is 35.9 Å². The quantitative estimate of drug-likeness (QED) is 0.820. The number of rotatable bonds is 6. The summed E-state index contributed by atoms with van der Waals surface area (Å²) in [5, 5.41) is 0. The fourth-order valence-electron chi connectivity index (χ4n) is 3.82. The summed E-state index contributed by atoms with van der Waals surface area (Å²) in [6.07, 6.45) is 4.52. The molecule has 0 spiro atoms. The van der Waals surface area contributed by atoms with Crippen LogP contribution in [0.4, 0.5) is 0 Å². The van der Waals surface area contributed by atoms with Crippen LogP contribution in [-0.2, 0) is 20.7 Å². The van der Waals surface area contributed by atoms with E-state index < -0.39 is 5.41 Å². The van der Waals surface area contributed by atoms with E-state index in [4.69, 9.17) is 15.2 Å². The molecule has 2 fully saturated rings. The molecule has 1 aromatic rings. The molecule has 26 heavy (non-hydrogen) atoms. The largest absolute Gasteiger partial charge is 0.381 e. The molecule has 0 radical (unpaired) electrons. The van der Waals surface area contributed by atoms with Crippen molar-refractivity contribution in [2.24, 2.45) is 11.1 Å². The highest BCUT2D eigenvalue weighted by atomic mass is 35.5. The number of benzene rings is 1. The van der Waals surface area contributed by atoms with Gasteiger partial charge in [0.25, 0.3) is 0 Å². The number of likely N-dealkylation sites (tertiary alicyclic amines) is 1. The van der Waals surface area contributed by atoms with Gasteiger partial charge in [-0.1, -0.05) is 30.3 Å². The van der Waals surface area contributed by atoms with Gasteiger partial charge < -0.3 is 20.1 Å². The smallest absolute Gasteiger partial charge is 0.230 e. The lowest BCUT2D eigenvalue weighted by Crippen LogP contribution is -2.53. The molecule has 2 aliphatic heterocycles. The molecule has 3 rings (SSSR count). The third kappa shape index (κ3) is 5.19. The molecule has 2 saturated heterocycles. The topological polar surface area (TPSA) is 64.8 Å².